The number of hydrogen-bond acceptors (Lipinski definition) is 8. The van der Waals surface area contributed by atoms with E-state index in [1.165, 1.54) is 17.0 Å². The molecule has 2 aromatic carbocycles. The standard InChI is InChI=1S/C38H56N4O8/c1-9-10-11-12-16-21-42(34(46)28(24-31(39)44)41-36(48)50-38(6,7)8)32(27-19-20-30(43)25(2)22-27)33(45)40-29(35(47)49-37(3,4)5)23-26-17-14-13-15-18-26/h13-15,17-20,22,28-29,32,43H,9-12,16,21,23-24H2,1-8H3,(H2,39,44)(H,40,45)(H,41,48). The number of esters is 1. The van der Waals surface area contributed by atoms with Crippen molar-refractivity contribution in [2.24, 2.45) is 5.73 Å². The third kappa shape index (κ3) is 14.5. The number of ether oxygens (including phenoxy) is 2. The highest BCUT2D eigenvalue weighted by molar-refractivity contribution is 5.95. The third-order valence-corrected chi connectivity index (χ3v) is 7.57. The van der Waals surface area contributed by atoms with Crippen molar-refractivity contribution in [3.05, 3.63) is 65.2 Å². The van der Waals surface area contributed by atoms with Crippen LogP contribution in [0.25, 0.3) is 0 Å². The van der Waals surface area contributed by atoms with Gasteiger partial charge in [0.25, 0.3) is 0 Å². The van der Waals surface area contributed by atoms with Crippen LogP contribution in [-0.2, 0) is 35.1 Å². The van der Waals surface area contributed by atoms with Gasteiger partial charge in [0.05, 0.1) is 6.42 Å². The number of hydrogen-bond donors (Lipinski definition) is 4. The molecule has 0 aliphatic carbocycles. The molecule has 2 rings (SSSR count). The second kappa shape index (κ2) is 19.0. The van der Waals surface area contributed by atoms with Gasteiger partial charge in [0.15, 0.2) is 0 Å². The van der Waals surface area contributed by atoms with E-state index in [-0.39, 0.29) is 18.7 Å². The zero-order valence-electron chi connectivity index (χ0n) is 30.8. The summed E-state index contributed by atoms with van der Waals surface area (Å²) in [5.41, 5.74) is 5.35. The maximum absolute atomic E-state index is 14.6. The van der Waals surface area contributed by atoms with Crippen LogP contribution in [0.3, 0.4) is 0 Å². The number of aryl methyl sites for hydroxylation is 1. The van der Waals surface area contributed by atoms with Crippen LogP contribution >= 0.6 is 0 Å². The number of unbranched alkanes of at least 4 members (excludes halogenated alkanes) is 4. The van der Waals surface area contributed by atoms with E-state index >= 15 is 0 Å². The molecule has 3 unspecified atom stereocenters. The largest absolute Gasteiger partial charge is 0.508 e. The van der Waals surface area contributed by atoms with Crippen molar-refractivity contribution in [3.8, 4) is 5.75 Å². The Kier molecular flexibility index (Phi) is 15.8. The van der Waals surface area contributed by atoms with Gasteiger partial charge < -0.3 is 35.8 Å². The zero-order chi connectivity index (χ0) is 37.6. The maximum atomic E-state index is 14.6. The molecule has 0 saturated heterocycles. The first-order chi connectivity index (χ1) is 23.3. The summed E-state index contributed by atoms with van der Waals surface area (Å²) in [5.74, 6) is -2.96. The number of amides is 4. The predicted octanol–water partition coefficient (Wildman–Crippen LogP) is 5.38. The minimum absolute atomic E-state index is 0.0146. The molecule has 2 aromatic rings. The molecule has 276 valence electrons. The molecule has 0 aromatic heterocycles. The summed E-state index contributed by atoms with van der Waals surface area (Å²) in [4.78, 5) is 69.0. The highest BCUT2D eigenvalue weighted by atomic mass is 16.6. The van der Waals surface area contributed by atoms with Crippen molar-refractivity contribution in [1.29, 1.82) is 0 Å². The summed E-state index contributed by atoms with van der Waals surface area (Å²) in [6.07, 6.45) is 2.74. The van der Waals surface area contributed by atoms with E-state index in [0.717, 1.165) is 31.2 Å². The molecule has 12 heteroatoms. The monoisotopic (exact) mass is 696 g/mol. The molecule has 0 saturated carbocycles. The van der Waals surface area contributed by atoms with Crippen LogP contribution in [0.1, 0.15) is 110 Å². The van der Waals surface area contributed by atoms with Crippen molar-refractivity contribution >= 4 is 29.8 Å². The summed E-state index contributed by atoms with van der Waals surface area (Å²) >= 11 is 0. The summed E-state index contributed by atoms with van der Waals surface area (Å²) < 4.78 is 11.1. The minimum atomic E-state index is -1.46. The Morgan fingerprint density at radius 1 is 0.840 bits per heavy atom. The van der Waals surface area contributed by atoms with Gasteiger partial charge in [-0.3, -0.25) is 14.4 Å². The second-order valence-electron chi connectivity index (χ2n) is 14.5. The van der Waals surface area contributed by atoms with E-state index in [2.05, 4.69) is 17.6 Å². The Morgan fingerprint density at radius 3 is 2.02 bits per heavy atom. The molecular formula is C38H56N4O8. The van der Waals surface area contributed by atoms with Crippen molar-refractivity contribution in [2.75, 3.05) is 6.54 Å². The lowest BCUT2D eigenvalue weighted by Crippen LogP contribution is -2.55. The number of aromatic hydroxyl groups is 1. The highest BCUT2D eigenvalue weighted by Gasteiger charge is 2.39. The molecule has 0 spiro atoms. The normalized spacial score (nSPS) is 13.4. The Morgan fingerprint density at radius 2 is 1.46 bits per heavy atom. The Bertz CT molecular complexity index is 1450. The molecular weight excluding hydrogens is 640 g/mol. The lowest BCUT2D eigenvalue weighted by atomic mass is 9.98. The fourth-order valence-corrected chi connectivity index (χ4v) is 5.29. The van der Waals surface area contributed by atoms with E-state index in [1.807, 2.05) is 30.3 Å². The number of rotatable bonds is 17. The average molecular weight is 697 g/mol. The number of nitrogens with one attached hydrogen (secondary N) is 2. The topological polar surface area (TPSA) is 177 Å². The molecule has 0 aliphatic heterocycles. The van der Waals surface area contributed by atoms with Gasteiger partial charge in [-0.2, -0.15) is 0 Å². The number of carbonyl (C=O) groups excluding carboxylic acids is 5. The Labute approximate surface area is 296 Å². The van der Waals surface area contributed by atoms with E-state index in [1.54, 1.807) is 54.5 Å². The van der Waals surface area contributed by atoms with Crippen LogP contribution in [0.5, 0.6) is 5.75 Å². The number of nitrogens with zero attached hydrogens (tertiary/aromatic N) is 1. The molecule has 3 atom stereocenters. The molecule has 0 fully saturated rings. The molecule has 0 radical (unpaired) electrons. The van der Waals surface area contributed by atoms with Crippen LogP contribution in [0.2, 0.25) is 0 Å². The van der Waals surface area contributed by atoms with Crippen LogP contribution in [-0.4, -0.2) is 69.6 Å². The smallest absolute Gasteiger partial charge is 0.408 e. The molecule has 0 heterocycles. The fraction of sp³-hybridized carbons (Fsp3) is 0.553. The summed E-state index contributed by atoms with van der Waals surface area (Å²) in [7, 11) is 0. The average Bonchev–Trinajstić information content (AvgIpc) is 2.99. The Balaban J connectivity index is 2.68. The number of alkyl carbamates (subject to hydrolysis) is 1. The molecule has 0 bridgehead atoms. The number of primary amides is 1. The van der Waals surface area contributed by atoms with E-state index in [4.69, 9.17) is 15.2 Å². The van der Waals surface area contributed by atoms with Crippen LogP contribution < -0.4 is 16.4 Å². The lowest BCUT2D eigenvalue weighted by molar-refractivity contribution is -0.159. The predicted molar refractivity (Wildman–Crippen MR) is 191 cm³/mol. The number of phenols is 1. The summed E-state index contributed by atoms with van der Waals surface area (Å²) in [6, 6.07) is 9.72. The quantitative estimate of drug-likeness (QED) is 0.126. The summed E-state index contributed by atoms with van der Waals surface area (Å²) in [5, 5.41) is 15.7. The minimum Gasteiger partial charge on any atom is -0.508 e. The van der Waals surface area contributed by atoms with E-state index in [0.29, 0.717) is 17.5 Å². The van der Waals surface area contributed by atoms with Crippen LogP contribution in [0.4, 0.5) is 4.79 Å². The second-order valence-corrected chi connectivity index (χ2v) is 14.5. The molecule has 4 amide bonds. The molecule has 12 nitrogen and oxygen atoms in total. The number of benzene rings is 2. The highest BCUT2D eigenvalue weighted by Crippen LogP contribution is 2.28. The van der Waals surface area contributed by atoms with Gasteiger partial charge in [0, 0.05) is 13.0 Å². The van der Waals surface area contributed by atoms with Gasteiger partial charge in [-0.05, 0) is 83.7 Å². The third-order valence-electron chi connectivity index (χ3n) is 7.57. The number of carbonyl (C=O) groups is 5. The number of phenolic OH excluding ortho intramolecular Hbond substituents is 1. The summed E-state index contributed by atoms with van der Waals surface area (Å²) in [6.45, 7) is 14.0. The van der Waals surface area contributed by atoms with Gasteiger partial charge in [0.2, 0.25) is 17.7 Å². The zero-order valence-corrected chi connectivity index (χ0v) is 30.8. The van der Waals surface area contributed by atoms with Crippen molar-refractivity contribution < 1.29 is 38.6 Å². The lowest BCUT2D eigenvalue weighted by Gasteiger charge is -2.35. The van der Waals surface area contributed by atoms with E-state index < -0.39 is 65.5 Å². The first-order valence-electron chi connectivity index (χ1n) is 17.3. The first kappa shape index (κ1) is 41.6. The van der Waals surface area contributed by atoms with Crippen molar-refractivity contribution in [2.45, 2.75) is 130 Å². The van der Waals surface area contributed by atoms with Gasteiger partial charge in [-0.15, -0.1) is 0 Å². The van der Waals surface area contributed by atoms with Crippen LogP contribution in [0.15, 0.2) is 48.5 Å². The Hall–Kier alpha value is -4.61. The molecule has 50 heavy (non-hydrogen) atoms. The van der Waals surface area contributed by atoms with Gasteiger partial charge in [0.1, 0.15) is 35.1 Å². The van der Waals surface area contributed by atoms with Crippen molar-refractivity contribution in [1.82, 2.24) is 15.5 Å². The first-order valence-corrected chi connectivity index (χ1v) is 17.3. The van der Waals surface area contributed by atoms with Gasteiger partial charge >= 0.3 is 12.1 Å². The van der Waals surface area contributed by atoms with Gasteiger partial charge in [-0.1, -0.05) is 69.0 Å². The SMILES string of the molecule is CCCCCCCN(C(=O)C(CC(N)=O)NC(=O)OC(C)(C)C)C(C(=O)NC(Cc1ccccc1)C(=O)OC(C)(C)C)c1ccc(O)c(C)c1. The molecule has 0 aliphatic rings. The van der Waals surface area contributed by atoms with Crippen molar-refractivity contribution in [3.63, 3.8) is 0 Å². The maximum Gasteiger partial charge on any atom is 0.408 e. The number of nitrogens with two attached hydrogens (primary N) is 1. The van der Waals surface area contributed by atoms with Crippen LogP contribution in [0, 0.1) is 6.92 Å². The molecule has 5 N–H and O–H groups in total. The van der Waals surface area contributed by atoms with Gasteiger partial charge in [-0.25, -0.2) is 9.59 Å². The van der Waals surface area contributed by atoms with E-state index in [9.17, 15) is 29.1 Å². The fourth-order valence-electron chi connectivity index (χ4n) is 5.29.